The molecule has 8 heteroatoms. The van der Waals surface area contributed by atoms with Crippen molar-refractivity contribution in [2.24, 2.45) is 5.10 Å². The maximum atomic E-state index is 12.5. The summed E-state index contributed by atoms with van der Waals surface area (Å²) in [4.78, 5) is 12.5. The number of carbonyl (C=O) groups is 1. The number of carbonyl (C=O) groups excluding carboxylic acids is 1. The van der Waals surface area contributed by atoms with Gasteiger partial charge < -0.3 is 0 Å². The molecule has 0 saturated carbocycles. The molecule has 1 amide bonds. The average Bonchev–Trinajstić information content (AvgIpc) is 2.76. The van der Waals surface area contributed by atoms with Crippen LogP contribution < -0.4 is 9.73 Å². The molecule has 0 unspecified atom stereocenters. The first-order chi connectivity index (χ1) is 15.1. The quantitative estimate of drug-likeness (QED) is 0.361. The minimum absolute atomic E-state index is 0.209. The van der Waals surface area contributed by atoms with Crippen LogP contribution in [0.25, 0.3) is 0 Å². The summed E-state index contributed by atoms with van der Waals surface area (Å²) in [6, 6.07) is 21.7. The van der Waals surface area contributed by atoms with E-state index in [4.69, 9.17) is 0 Å². The largest absolute Gasteiger partial charge is 0.271 e. The van der Waals surface area contributed by atoms with Crippen LogP contribution in [0.1, 0.15) is 34.0 Å². The maximum absolute atomic E-state index is 12.5. The summed E-state index contributed by atoms with van der Waals surface area (Å²) in [7, 11) is -3.51. The monoisotopic (exact) mass is 513 g/mol. The van der Waals surface area contributed by atoms with Gasteiger partial charge in [0.05, 0.1) is 24.2 Å². The molecule has 1 N–H and O–H groups in total. The predicted molar refractivity (Wildman–Crippen MR) is 132 cm³/mol. The second-order valence-corrected chi connectivity index (χ2v) is 10.3. The van der Waals surface area contributed by atoms with E-state index in [0.717, 1.165) is 21.2 Å². The number of sulfonamides is 1. The van der Waals surface area contributed by atoms with Crippen LogP contribution in [-0.4, -0.2) is 26.3 Å². The van der Waals surface area contributed by atoms with Gasteiger partial charge in [-0.05, 0) is 61.4 Å². The third kappa shape index (κ3) is 6.27. The summed E-state index contributed by atoms with van der Waals surface area (Å²) in [5.74, 6) is -0.379. The number of anilines is 1. The third-order valence-electron chi connectivity index (χ3n) is 4.83. The Hall–Kier alpha value is -2.97. The number of halogens is 1. The van der Waals surface area contributed by atoms with Crippen molar-refractivity contribution >= 4 is 43.3 Å². The summed E-state index contributed by atoms with van der Waals surface area (Å²) < 4.78 is 27.0. The van der Waals surface area contributed by atoms with Crippen LogP contribution in [0.4, 0.5) is 5.69 Å². The molecule has 0 atom stereocenters. The molecule has 3 aromatic rings. The lowest BCUT2D eigenvalue weighted by Crippen LogP contribution is -2.29. The summed E-state index contributed by atoms with van der Waals surface area (Å²) >= 11 is 3.41. The van der Waals surface area contributed by atoms with E-state index in [-0.39, 0.29) is 12.5 Å². The fourth-order valence-electron chi connectivity index (χ4n) is 3.02. The van der Waals surface area contributed by atoms with Crippen molar-refractivity contribution in [3.63, 3.8) is 0 Å². The number of hydrogen-bond acceptors (Lipinski definition) is 4. The highest BCUT2D eigenvalue weighted by atomic mass is 79.9. The fourth-order valence-corrected chi connectivity index (χ4v) is 4.30. The molecule has 0 fully saturated rings. The van der Waals surface area contributed by atoms with Crippen molar-refractivity contribution in [2.75, 3.05) is 10.6 Å². The van der Waals surface area contributed by atoms with Crippen LogP contribution in [0.5, 0.6) is 0 Å². The Morgan fingerprint density at radius 1 is 1.00 bits per heavy atom. The normalized spacial score (nSPS) is 11.8. The number of hydrogen-bond donors (Lipinski definition) is 1. The Morgan fingerprint density at radius 2 is 1.66 bits per heavy atom. The molecule has 0 heterocycles. The number of nitrogens with zero attached hydrogens (tertiary/aromatic N) is 2. The summed E-state index contributed by atoms with van der Waals surface area (Å²) in [5, 5.41) is 4.16. The van der Waals surface area contributed by atoms with Crippen molar-refractivity contribution < 1.29 is 13.2 Å². The molecule has 0 bridgehead atoms. The zero-order valence-corrected chi connectivity index (χ0v) is 20.4. The molecular formula is C24H24BrN3O3S. The van der Waals surface area contributed by atoms with Crippen molar-refractivity contribution in [3.8, 4) is 0 Å². The van der Waals surface area contributed by atoms with Gasteiger partial charge in [0.25, 0.3) is 5.91 Å². The number of hydrazone groups is 1. The van der Waals surface area contributed by atoms with Crippen molar-refractivity contribution in [3.05, 3.63) is 99.5 Å². The van der Waals surface area contributed by atoms with E-state index in [1.54, 1.807) is 31.2 Å². The topological polar surface area (TPSA) is 78.8 Å². The molecule has 166 valence electrons. The van der Waals surface area contributed by atoms with Crippen LogP contribution in [0.3, 0.4) is 0 Å². The van der Waals surface area contributed by atoms with Crippen molar-refractivity contribution in [1.29, 1.82) is 0 Å². The highest BCUT2D eigenvalue weighted by Gasteiger charge is 2.18. The molecular weight excluding hydrogens is 490 g/mol. The second kappa shape index (κ2) is 10.1. The molecule has 6 nitrogen and oxygen atoms in total. The van der Waals surface area contributed by atoms with Gasteiger partial charge >= 0.3 is 0 Å². The Balaban J connectivity index is 1.75. The Labute approximate surface area is 197 Å². The lowest BCUT2D eigenvalue weighted by molar-refractivity contribution is 0.0955. The van der Waals surface area contributed by atoms with Crippen LogP contribution >= 0.6 is 15.9 Å². The van der Waals surface area contributed by atoms with E-state index in [0.29, 0.717) is 17.0 Å². The second-order valence-electron chi connectivity index (χ2n) is 7.45. The first-order valence-electron chi connectivity index (χ1n) is 9.87. The van der Waals surface area contributed by atoms with Gasteiger partial charge in [0.1, 0.15) is 0 Å². The third-order valence-corrected chi connectivity index (χ3v) is 6.47. The standard InChI is InChI=1S/C24H24BrN3O3S/c1-17-7-9-19(10-8-17)16-28(32(3,30)31)23-13-11-20(12-14-23)24(29)27-26-18(2)21-5-4-6-22(25)15-21/h4-15H,16H2,1-3H3,(H,27,29)/b26-18-. The van der Waals surface area contributed by atoms with Gasteiger partial charge in [-0.25, -0.2) is 13.8 Å². The minimum atomic E-state index is -3.51. The van der Waals surface area contributed by atoms with Gasteiger partial charge in [-0.3, -0.25) is 9.10 Å². The predicted octanol–water partition coefficient (Wildman–Crippen LogP) is 4.88. The number of rotatable bonds is 7. The molecule has 3 aromatic carbocycles. The lowest BCUT2D eigenvalue weighted by Gasteiger charge is -2.22. The smallest absolute Gasteiger partial charge is 0.267 e. The molecule has 32 heavy (non-hydrogen) atoms. The van der Waals surface area contributed by atoms with E-state index < -0.39 is 10.0 Å². The summed E-state index contributed by atoms with van der Waals surface area (Å²) in [5.41, 5.74) is 6.93. The number of nitrogens with one attached hydrogen (secondary N) is 1. The van der Waals surface area contributed by atoms with Gasteiger partial charge in [0.2, 0.25) is 10.0 Å². The highest BCUT2D eigenvalue weighted by molar-refractivity contribution is 9.10. The molecule has 0 aliphatic carbocycles. The Kier molecular flexibility index (Phi) is 7.48. The summed E-state index contributed by atoms with van der Waals surface area (Å²) in [6.07, 6.45) is 1.17. The van der Waals surface area contributed by atoms with Gasteiger partial charge in [-0.2, -0.15) is 5.10 Å². The Morgan fingerprint density at radius 3 is 2.25 bits per heavy atom. The van der Waals surface area contributed by atoms with E-state index in [1.807, 2.05) is 55.5 Å². The molecule has 0 aliphatic rings. The first kappa shape index (κ1) is 23.7. The van der Waals surface area contributed by atoms with Crippen molar-refractivity contribution in [2.45, 2.75) is 20.4 Å². The van der Waals surface area contributed by atoms with Gasteiger partial charge in [-0.1, -0.05) is 57.9 Å². The van der Waals surface area contributed by atoms with Crippen LogP contribution in [0, 0.1) is 6.92 Å². The molecule has 0 spiro atoms. The zero-order chi connectivity index (χ0) is 23.3. The van der Waals surface area contributed by atoms with E-state index >= 15 is 0 Å². The number of benzene rings is 3. The Bertz CT molecular complexity index is 1240. The molecule has 0 radical (unpaired) electrons. The molecule has 0 aromatic heterocycles. The van der Waals surface area contributed by atoms with Crippen LogP contribution in [0.2, 0.25) is 0 Å². The van der Waals surface area contributed by atoms with E-state index in [9.17, 15) is 13.2 Å². The van der Waals surface area contributed by atoms with Crippen LogP contribution in [-0.2, 0) is 16.6 Å². The zero-order valence-electron chi connectivity index (χ0n) is 18.0. The SMILES string of the molecule is C/C(=N/NC(=O)c1ccc(N(Cc2ccc(C)cc2)S(C)(=O)=O)cc1)c1cccc(Br)c1. The molecule has 0 saturated heterocycles. The van der Waals surface area contributed by atoms with E-state index in [2.05, 4.69) is 26.5 Å². The average molecular weight is 514 g/mol. The maximum Gasteiger partial charge on any atom is 0.271 e. The number of amides is 1. The van der Waals surface area contributed by atoms with E-state index in [1.165, 1.54) is 10.6 Å². The van der Waals surface area contributed by atoms with Crippen molar-refractivity contribution in [1.82, 2.24) is 5.43 Å². The van der Waals surface area contributed by atoms with Gasteiger partial charge in [-0.15, -0.1) is 0 Å². The van der Waals surface area contributed by atoms with Gasteiger partial charge in [0.15, 0.2) is 0 Å². The van der Waals surface area contributed by atoms with Crippen LogP contribution in [0.15, 0.2) is 82.4 Å². The first-order valence-corrected chi connectivity index (χ1v) is 12.5. The fraction of sp³-hybridized carbons (Fsp3) is 0.167. The highest BCUT2D eigenvalue weighted by Crippen LogP contribution is 2.21. The van der Waals surface area contributed by atoms with Gasteiger partial charge in [0, 0.05) is 10.0 Å². The number of aryl methyl sites for hydroxylation is 1. The summed E-state index contributed by atoms with van der Waals surface area (Å²) in [6.45, 7) is 3.99. The minimum Gasteiger partial charge on any atom is -0.267 e. The molecule has 3 rings (SSSR count). The molecule has 0 aliphatic heterocycles. The lowest BCUT2D eigenvalue weighted by atomic mass is 10.1.